The lowest BCUT2D eigenvalue weighted by Gasteiger charge is -2.24. The Hall–Kier alpha value is -1.89. The first kappa shape index (κ1) is 13.5. The average molecular weight is 267 g/mol. The van der Waals surface area contributed by atoms with Crippen molar-refractivity contribution < 1.29 is 14.4 Å². The van der Waals surface area contributed by atoms with Gasteiger partial charge in [-0.15, -0.1) is 0 Å². The number of nitrogens with zero attached hydrogens (tertiary/aromatic N) is 3. The minimum absolute atomic E-state index is 0.104. The third kappa shape index (κ3) is 2.76. The van der Waals surface area contributed by atoms with Crippen molar-refractivity contribution in [1.29, 1.82) is 0 Å². The zero-order valence-electron chi connectivity index (χ0n) is 10.9. The maximum atomic E-state index is 11.0. The van der Waals surface area contributed by atoms with Crippen LogP contribution in [0.5, 0.6) is 0 Å². The van der Waals surface area contributed by atoms with Crippen molar-refractivity contribution in [3.05, 3.63) is 28.6 Å². The van der Waals surface area contributed by atoms with Crippen LogP contribution in [0.15, 0.2) is 12.8 Å². The molecule has 7 nitrogen and oxygen atoms in total. The standard InChI is InChI=1S/C12H17N3O4/c1-3-18-9(2)12-10(15(16)17)8-13-14(12)11-6-4-5-7-19-11/h8,11H,2-7H2,1H3/t11-/m1/s1. The lowest BCUT2D eigenvalue weighted by atomic mass is 10.2. The van der Waals surface area contributed by atoms with Crippen LogP contribution < -0.4 is 0 Å². The van der Waals surface area contributed by atoms with E-state index in [1.165, 1.54) is 10.9 Å². The Morgan fingerprint density at radius 2 is 2.53 bits per heavy atom. The quantitative estimate of drug-likeness (QED) is 0.465. The van der Waals surface area contributed by atoms with Crippen molar-refractivity contribution in [2.24, 2.45) is 0 Å². The Morgan fingerprint density at radius 1 is 1.74 bits per heavy atom. The minimum atomic E-state index is -0.480. The summed E-state index contributed by atoms with van der Waals surface area (Å²) in [5.41, 5.74) is 0.186. The molecular formula is C12H17N3O4. The minimum Gasteiger partial charge on any atom is -0.492 e. The average Bonchev–Trinajstić information content (AvgIpc) is 2.85. The summed E-state index contributed by atoms with van der Waals surface area (Å²) >= 11 is 0. The second-order valence-electron chi connectivity index (χ2n) is 4.26. The van der Waals surface area contributed by atoms with E-state index in [0.717, 1.165) is 19.3 Å². The van der Waals surface area contributed by atoms with Crippen LogP contribution in [0.2, 0.25) is 0 Å². The number of ether oxygens (including phenoxy) is 2. The molecule has 0 aromatic carbocycles. The molecule has 0 bridgehead atoms. The van der Waals surface area contributed by atoms with Gasteiger partial charge in [-0.05, 0) is 26.2 Å². The molecule has 7 heteroatoms. The van der Waals surface area contributed by atoms with Gasteiger partial charge in [-0.2, -0.15) is 5.10 Å². The fourth-order valence-corrected chi connectivity index (χ4v) is 2.13. The fourth-order valence-electron chi connectivity index (χ4n) is 2.13. The third-order valence-corrected chi connectivity index (χ3v) is 2.98. The molecule has 19 heavy (non-hydrogen) atoms. The Morgan fingerprint density at radius 3 is 3.11 bits per heavy atom. The van der Waals surface area contributed by atoms with Crippen LogP contribution in [0.4, 0.5) is 5.69 Å². The van der Waals surface area contributed by atoms with Crippen LogP contribution in [-0.2, 0) is 9.47 Å². The van der Waals surface area contributed by atoms with E-state index in [0.29, 0.717) is 18.9 Å². The maximum Gasteiger partial charge on any atom is 0.318 e. The Balaban J connectivity index is 2.36. The van der Waals surface area contributed by atoms with Crippen LogP contribution in [0.3, 0.4) is 0 Å². The van der Waals surface area contributed by atoms with Crippen molar-refractivity contribution in [1.82, 2.24) is 9.78 Å². The van der Waals surface area contributed by atoms with Gasteiger partial charge in [-0.3, -0.25) is 10.1 Å². The monoisotopic (exact) mass is 267 g/mol. The van der Waals surface area contributed by atoms with Gasteiger partial charge in [0, 0.05) is 6.61 Å². The van der Waals surface area contributed by atoms with Crippen molar-refractivity contribution in [3.8, 4) is 0 Å². The van der Waals surface area contributed by atoms with Crippen molar-refractivity contribution in [2.45, 2.75) is 32.4 Å². The highest BCUT2D eigenvalue weighted by atomic mass is 16.6. The molecule has 2 rings (SSSR count). The molecule has 1 aromatic heterocycles. The van der Waals surface area contributed by atoms with Crippen LogP contribution in [0, 0.1) is 10.1 Å². The van der Waals surface area contributed by atoms with Gasteiger partial charge in [0.15, 0.2) is 11.9 Å². The first-order valence-electron chi connectivity index (χ1n) is 6.30. The summed E-state index contributed by atoms with van der Waals surface area (Å²) in [6, 6.07) is 0. The van der Waals surface area contributed by atoms with Crippen molar-refractivity contribution in [2.75, 3.05) is 13.2 Å². The summed E-state index contributed by atoms with van der Waals surface area (Å²) in [6.45, 7) is 6.58. The van der Waals surface area contributed by atoms with E-state index in [-0.39, 0.29) is 17.7 Å². The van der Waals surface area contributed by atoms with Crippen LogP contribution in [0.1, 0.15) is 38.1 Å². The van der Waals surface area contributed by atoms with E-state index in [4.69, 9.17) is 9.47 Å². The highest BCUT2D eigenvalue weighted by Gasteiger charge is 2.29. The summed E-state index contributed by atoms with van der Waals surface area (Å²) in [4.78, 5) is 10.6. The van der Waals surface area contributed by atoms with Crippen LogP contribution >= 0.6 is 0 Å². The van der Waals surface area contributed by atoms with E-state index in [9.17, 15) is 10.1 Å². The van der Waals surface area contributed by atoms with Gasteiger partial charge in [0.25, 0.3) is 0 Å². The molecule has 1 aliphatic heterocycles. The number of rotatable bonds is 5. The van der Waals surface area contributed by atoms with Gasteiger partial charge in [0.05, 0.1) is 11.5 Å². The largest absolute Gasteiger partial charge is 0.492 e. The van der Waals surface area contributed by atoms with E-state index in [1.807, 2.05) is 0 Å². The SMILES string of the molecule is C=C(OCC)c1c([N+](=O)[O-])cnn1[C@H]1CCCCO1. The number of hydrogen-bond donors (Lipinski definition) is 0. The third-order valence-electron chi connectivity index (χ3n) is 2.98. The first-order chi connectivity index (χ1) is 9.15. The fraction of sp³-hybridized carbons (Fsp3) is 0.583. The Labute approximate surface area is 111 Å². The number of nitro groups is 1. The molecule has 0 radical (unpaired) electrons. The van der Waals surface area contributed by atoms with Gasteiger partial charge in [-0.1, -0.05) is 6.58 Å². The molecule has 1 fully saturated rings. The molecule has 2 heterocycles. The highest BCUT2D eigenvalue weighted by Crippen LogP contribution is 2.31. The number of aromatic nitrogens is 2. The van der Waals surface area contributed by atoms with Gasteiger partial charge < -0.3 is 9.47 Å². The van der Waals surface area contributed by atoms with Crippen LogP contribution in [-0.4, -0.2) is 27.9 Å². The Kier molecular flexibility index (Phi) is 4.16. The summed E-state index contributed by atoms with van der Waals surface area (Å²) in [5.74, 6) is 0.251. The molecule has 0 aliphatic carbocycles. The summed E-state index contributed by atoms with van der Waals surface area (Å²) in [6.07, 6.45) is 3.73. The zero-order valence-corrected chi connectivity index (χ0v) is 10.9. The normalized spacial score (nSPS) is 19.1. The first-order valence-corrected chi connectivity index (χ1v) is 6.30. The zero-order chi connectivity index (χ0) is 13.8. The lowest BCUT2D eigenvalue weighted by molar-refractivity contribution is -0.385. The predicted molar refractivity (Wildman–Crippen MR) is 68.4 cm³/mol. The number of hydrogen-bond acceptors (Lipinski definition) is 5. The Bertz CT molecular complexity index is 477. The topological polar surface area (TPSA) is 79.4 Å². The molecule has 0 spiro atoms. The van der Waals surface area contributed by atoms with E-state index in [1.54, 1.807) is 6.92 Å². The van der Waals surface area contributed by atoms with Crippen LogP contribution in [0.25, 0.3) is 5.76 Å². The molecule has 0 unspecified atom stereocenters. The molecule has 1 saturated heterocycles. The van der Waals surface area contributed by atoms with Crippen molar-refractivity contribution >= 4 is 11.4 Å². The summed E-state index contributed by atoms with van der Waals surface area (Å²) in [7, 11) is 0. The van der Waals surface area contributed by atoms with Gasteiger partial charge in [0.2, 0.25) is 0 Å². The molecule has 0 N–H and O–H groups in total. The smallest absolute Gasteiger partial charge is 0.318 e. The maximum absolute atomic E-state index is 11.0. The summed E-state index contributed by atoms with van der Waals surface area (Å²) in [5, 5.41) is 15.1. The van der Waals surface area contributed by atoms with Gasteiger partial charge in [-0.25, -0.2) is 4.68 Å². The second-order valence-corrected chi connectivity index (χ2v) is 4.26. The van der Waals surface area contributed by atoms with Gasteiger partial charge in [0.1, 0.15) is 12.0 Å². The molecule has 1 aliphatic rings. The van der Waals surface area contributed by atoms with E-state index >= 15 is 0 Å². The molecule has 1 atom stereocenters. The molecule has 0 saturated carbocycles. The predicted octanol–water partition coefficient (Wildman–Crippen LogP) is 2.50. The van der Waals surface area contributed by atoms with Crippen molar-refractivity contribution in [3.63, 3.8) is 0 Å². The van der Waals surface area contributed by atoms with Gasteiger partial charge >= 0.3 is 5.69 Å². The molecule has 0 amide bonds. The highest BCUT2D eigenvalue weighted by molar-refractivity contribution is 5.63. The molecule has 104 valence electrons. The second kappa shape index (κ2) is 5.83. The lowest BCUT2D eigenvalue weighted by Crippen LogP contribution is -2.21. The molecule has 1 aromatic rings. The van der Waals surface area contributed by atoms with E-state index in [2.05, 4.69) is 11.7 Å². The summed E-state index contributed by atoms with van der Waals surface area (Å²) < 4.78 is 12.4. The molecular weight excluding hydrogens is 250 g/mol. The van der Waals surface area contributed by atoms with E-state index < -0.39 is 4.92 Å².